The molecule has 0 radical (unpaired) electrons. The van der Waals surface area contributed by atoms with Crippen LogP contribution in [-0.2, 0) is 15.3 Å². The van der Waals surface area contributed by atoms with Gasteiger partial charge < -0.3 is 10.6 Å². The zero-order valence-corrected chi connectivity index (χ0v) is 20.5. The Labute approximate surface area is 204 Å². The summed E-state index contributed by atoms with van der Waals surface area (Å²) in [7, 11) is 0. The number of anilines is 2. The predicted octanol–water partition coefficient (Wildman–Crippen LogP) is 6.06. The summed E-state index contributed by atoms with van der Waals surface area (Å²) in [5.74, 6) is 0.557. The Morgan fingerprint density at radius 3 is 2.33 bits per heavy atom. The number of aromatic nitrogens is 2. The summed E-state index contributed by atoms with van der Waals surface area (Å²) < 4.78 is 1.64. The molecule has 0 bridgehead atoms. The van der Waals surface area contributed by atoms with Crippen molar-refractivity contribution in [3.63, 3.8) is 0 Å². The highest BCUT2D eigenvalue weighted by atomic mass is 32.2. The molecule has 1 heterocycles. The minimum absolute atomic E-state index is 0.118. The van der Waals surface area contributed by atoms with E-state index in [9.17, 15) is 9.59 Å². The van der Waals surface area contributed by atoms with Crippen LogP contribution in [0.25, 0.3) is 10.8 Å². The van der Waals surface area contributed by atoms with Gasteiger partial charge in [-0.15, -0.1) is 10.2 Å². The van der Waals surface area contributed by atoms with E-state index in [1.165, 1.54) is 46.4 Å². The molecule has 0 spiro atoms. The van der Waals surface area contributed by atoms with E-state index in [4.69, 9.17) is 0 Å². The Balaban J connectivity index is 1.31. The Morgan fingerprint density at radius 1 is 0.909 bits per heavy atom. The number of thioether (sulfide) groups is 2. The van der Waals surface area contributed by atoms with Gasteiger partial charge in [0.2, 0.25) is 11.8 Å². The van der Waals surface area contributed by atoms with Crippen LogP contribution < -0.4 is 10.6 Å². The standard InChI is InChI=1S/C24H22N4O2S3/c1-15(22(30)26-20-12-10-19(11-13-20)25-16(2)29)32-24-28-27-23(33-24)31-14-18-8-5-7-17-6-3-4-9-21(17)18/h3-13,15H,14H2,1-2H3,(H,25,29)(H,26,30)/t15-/m0/s1. The number of carbonyl (C=O) groups excluding carboxylic acids is 2. The van der Waals surface area contributed by atoms with Gasteiger partial charge in [0.25, 0.3) is 0 Å². The van der Waals surface area contributed by atoms with Crippen molar-refractivity contribution in [1.29, 1.82) is 0 Å². The predicted molar refractivity (Wildman–Crippen MR) is 138 cm³/mol. The SMILES string of the molecule is CC(=O)Nc1ccc(NC(=O)[C@H](C)Sc2nnc(SCc3cccc4ccccc34)s2)cc1. The molecule has 0 fully saturated rings. The number of nitrogens with one attached hydrogen (secondary N) is 2. The molecule has 3 aromatic carbocycles. The normalized spacial score (nSPS) is 11.8. The topological polar surface area (TPSA) is 84.0 Å². The zero-order valence-electron chi connectivity index (χ0n) is 18.1. The average Bonchev–Trinajstić information content (AvgIpc) is 3.25. The quantitative estimate of drug-likeness (QED) is 0.290. The first-order valence-corrected chi connectivity index (χ1v) is 12.9. The highest BCUT2D eigenvalue weighted by molar-refractivity contribution is 8.03. The molecule has 2 N–H and O–H groups in total. The summed E-state index contributed by atoms with van der Waals surface area (Å²) in [6.07, 6.45) is 0. The molecule has 4 aromatic rings. The summed E-state index contributed by atoms with van der Waals surface area (Å²) in [6, 6.07) is 21.7. The summed E-state index contributed by atoms with van der Waals surface area (Å²) >= 11 is 4.54. The summed E-state index contributed by atoms with van der Waals surface area (Å²) in [4.78, 5) is 23.7. The first-order valence-electron chi connectivity index (χ1n) is 10.3. The average molecular weight is 495 g/mol. The molecule has 2 amide bonds. The second-order valence-corrected chi connectivity index (χ2v) is 11.1. The van der Waals surface area contributed by atoms with E-state index in [0.717, 1.165) is 14.4 Å². The van der Waals surface area contributed by atoms with Gasteiger partial charge in [-0.3, -0.25) is 9.59 Å². The number of carbonyl (C=O) groups is 2. The van der Waals surface area contributed by atoms with Gasteiger partial charge in [0.15, 0.2) is 8.68 Å². The number of hydrogen-bond donors (Lipinski definition) is 2. The molecule has 0 unspecified atom stereocenters. The van der Waals surface area contributed by atoms with Crippen molar-refractivity contribution < 1.29 is 9.59 Å². The maximum absolute atomic E-state index is 12.6. The van der Waals surface area contributed by atoms with Crippen molar-refractivity contribution in [3.8, 4) is 0 Å². The number of rotatable bonds is 8. The van der Waals surface area contributed by atoms with Crippen molar-refractivity contribution in [2.24, 2.45) is 0 Å². The van der Waals surface area contributed by atoms with Gasteiger partial charge >= 0.3 is 0 Å². The van der Waals surface area contributed by atoms with Crippen molar-refractivity contribution in [1.82, 2.24) is 10.2 Å². The molecule has 9 heteroatoms. The monoisotopic (exact) mass is 494 g/mol. The van der Waals surface area contributed by atoms with Gasteiger partial charge in [-0.2, -0.15) is 0 Å². The van der Waals surface area contributed by atoms with Crippen molar-refractivity contribution >= 4 is 68.8 Å². The summed E-state index contributed by atoms with van der Waals surface area (Å²) in [5, 5.41) is 16.3. The zero-order chi connectivity index (χ0) is 23.2. The van der Waals surface area contributed by atoms with E-state index in [1.807, 2.05) is 13.0 Å². The van der Waals surface area contributed by atoms with Crippen LogP contribution in [0.15, 0.2) is 75.4 Å². The Kier molecular flexibility index (Phi) is 7.64. The van der Waals surface area contributed by atoms with Crippen molar-refractivity contribution in [2.45, 2.75) is 33.5 Å². The van der Waals surface area contributed by atoms with Crippen molar-refractivity contribution in [3.05, 3.63) is 72.3 Å². The molecule has 33 heavy (non-hydrogen) atoms. The third kappa shape index (κ3) is 6.34. The van der Waals surface area contributed by atoms with Crippen LogP contribution in [-0.4, -0.2) is 27.3 Å². The second-order valence-electron chi connectivity index (χ2n) is 7.27. The first kappa shape index (κ1) is 23.3. The molecule has 1 aromatic heterocycles. The molecular formula is C24H22N4O2S3. The maximum Gasteiger partial charge on any atom is 0.237 e. The van der Waals surface area contributed by atoms with Crippen LogP contribution in [0.5, 0.6) is 0 Å². The van der Waals surface area contributed by atoms with E-state index in [2.05, 4.69) is 57.2 Å². The molecule has 0 saturated heterocycles. The first-order chi connectivity index (χ1) is 16.0. The van der Waals surface area contributed by atoms with E-state index in [0.29, 0.717) is 11.4 Å². The van der Waals surface area contributed by atoms with E-state index < -0.39 is 0 Å². The highest BCUT2D eigenvalue weighted by Gasteiger charge is 2.18. The molecule has 4 rings (SSSR count). The second kappa shape index (κ2) is 10.8. The Hall–Kier alpha value is -2.88. The molecule has 1 atom stereocenters. The number of nitrogens with zero attached hydrogens (tertiary/aromatic N) is 2. The van der Waals surface area contributed by atoms with Crippen LogP contribution in [0, 0.1) is 0 Å². The fraction of sp³-hybridized carbons (Fsp3) is 0.167. The number of benzene rings is 3. The van der Waals surface area contributed by atoms with E-state index in [-0.39, 0.29) is 17.1 Å². The highest BCUT2D eigenvalue weighted by Crippen LogP contribution is 2.34. The van der Waals surface area contributed by atoms with Crippen LogP contribution in [0.2, 0.25) is 0 Å². The largest absolute Gasteiger partial charge is 0.326 e. The minimum atomic E-state index is -0.330. The lowest BCUT2D eigenvalue weighted by molar-refractivity contribution is -0.115. The van der Waals surface area contributed by atoms with Crippen molar-refractivity contribution in [2.75, 3.05) is 10.6 Å². The molecule has 6 nitrogen and oxygen atoms in total. The summed E-state index contributed by atoms with van der Waals surface area (Å²) in [5.41, 5.74) is 2.62. The molecular weight excluding hydrogens is 472 g/mol. The number of hydrogen-bond acceptors (Lipinski definition) is 7. The molecule has 0 aliphatic carbocycles. The van der Waals surface area contributed by atoms with E-state index >= 15 is 0 Å². The van der Waals surface area contributed by atoms with Gasteiger partial charge in [-0.05, 0) is 47.5 Å². The fourth-order valence-corrected chi connectivity index (χ4v) is 6.32. The molecule has 0 saturated carbocycles. The Bertz CT molecular complexity index is 1270. The smallest absolute Gasteiger partial charge is 0.237 e. The maximum atomic E-state index is 12.6. The third-order valence-electron chi connectivity index (χ3n) is 4.74. The lowest BCUT2D eigenvalue weighted by Gasteiger charge is -2.11. The molecule has 0 aliphatic heterocycles. The lowest BCUT2D eigenvalue weighted by atomic mass is 10.1. The molecule has 0 aliphatic rings. The lowest BCUT2D eigenvalue weighted by Crippen LogP contribution is -2.22. The minimum Gasteiger partial charge on any atom is -0.326 e. The third-order valence-corrected chi connectivity index (χ3v) is 8.03. The summed E-state index contributed by atoms with van der Waals surface area (Å²) in [6.45, 7) is 3.30. The Morgan fingerprint density at radius 2 is 1.58 bits per heavy atom. The fourth-order valence-electron chi connectivity index (χ4n) is 3.15. The van der Waals surface area contributed by atoms with Crippen LogP contribution in [0.3, 0.4) is 0 Å². The van der Waals surface area contributed by atoms with Crippen LogP contribution in [0.4, 0.5) is 11.4 Å². The van der Waals surface area contributed by atoms with Crippen LogP contribution >= 0.6 is 34.9 Å². The van der Waals surface area contributed by atoms with Gasteiger partial charge in [-0.1, -0.05) is 77.3 Å². The number of amides is 2. The van der Waals surface area contributed by atoms with E-state index in [1.54, 1.807) is 36.0 Å². The van der Waals surface area contributed by atoms with Gasteiger partial charge in [0.05, 0.1) is 5.25 Å². The van der Waals surface area contributed by atoms with Crippen LogP contribution in [0.1, 0.15) is 19.4 Å². The van der Waals surface area contributed by atoms with Gasteiger partial charge in [0.1, 0.15) is 0 Å². The van der Waals surface area contributed by atoms with Gasteiger partial charge in [0, 0.05) is 24.1 Å². The molecule has 168 valence electrons. The van der Waals surface area contributed by atoms with Gasteiger partial charge in [-0.25, -0.2) is 0 Å². The number of fused-ring (bicyclic) bond motifs is 1.